The van der Waals surface area contributed by atoms with E-state index in [1.807, 2.05) is 80.9 Å². The summed E-state index contributed by atoms with van der Waals surface area (Å²) in [6.45, 7) is 3.97. The van der Waals surface area contributed by atoms with Crippen molar-refractivity contribution in [3.05, 3.63) is 67.1 Å². The summed E-state index contributed by atoms with van der Waals surface area (Å²) in [5.41, 5.74) is 3.82. The Morgan fingerprint density at radius 3 is 1.40 bits per heavy atom. The molecule has 0 saturated carbocycles. The topological polar surface area (TPSA) is 24.7 Å². The van der Waals surface area contributed by atoms with Gasteiger partial charge in [0, 0.05) is 0 Å². The molecule has 0 atom stereocenters. The molecule has 0 unspecified atom stereocenters. The first-order valence-corrected chi connectivity index (χ1v) is 6.29. The number of para-hydroxylation sites is 2. The normalized spacial score (nSPS) is 11.7. The summed E-state index contributed by atoms with van der Waals surface area (Å²) in [5, 5.41) is 0. The van der Waals surface area contributed by atoms with E-state index in [9.17, 15) is 0 Å². The molecule has 2 rings (SSSR count). The predicted octanol–water partition coefficient (Wildman–Crippen LogP) is 1.78. The third-order valence-corrected chi connectivity index (χ3v) is 2.54. The number of nitrogens with zero attached hydrogens (tertiary/aromatic N) is 2. The van der Waals surface area contributed by atoms with Gasteiger partial charge < -0.3 is 6.42 Å². The monoisotopic (exact) mass is 288 g/mol. The summed E-state index contributed by atoms with van der Waals surface area (Å²) in [5.74, 6) is 0. The van der Waals surface area contributed by atoms with Gasteiger partial charge in [-0.3, -0.25) is 9.98 Å². The molecule has 0 fully saturated rings. The van der Waals surface area contributed by atoms with Crippen molar-refractivity contribution in [1.82, 2.24) is 0 Å². The zero-order chi connectivity index (χ0) is 13.5. The summed E-state index contributed by atoms with van der Waals surface area (Å²) in [4.78, 5) is 9.04. The molecule has 0 amide bonds. The Bertz CT molecular complexity index is 521. The van der Waals surface area contributed by atoms with Crippen LogP contribution < -0.4 is 51.4 Å². The summed E-state index contributed by atoms with van der Waals surface area (Å²) in [6, 6.07) is 19.9. The van der Waals surface area contributed by atoms with Crippen LogP contribution in [0.5, 0.6) is 0 Å². The molecule has 20 heavy (non-hydrogen) atoms. The Hall–Kier alpha value is -0.714. The molecule has 2 aromatic rings. The van der Waals surface area contributed by atoms with E-state index in [0.29, 0.717) is 0 Å². The summed E-state index contributed by atoms with van der Waals surface area (Å²) >= 11 is 0. The molecule has 0 saturated heterocycles. The standard InChI is InChI=1S/C17H17N2.K/c1-14(18-16-9-5-3-6-10-16)13-15(2)19-17-11-7-4-8-12-17;/h3-13H,1-2H3;/q-1;+1. The average Bonchev–Trinajstić information content (AvgIpc) is 2.40. The second-order valence-electron chi connectivity index (χ2n) is 4.32. The maximum atomic E-state index is 4.52. The number of hydrogen-bond acceptors (Lipinski definition) is 2. The van der Waals surface area contributed by atoms with Crippen molar-refractivity contribution >= 4 is 22.8 Å². The molecule has 0 bridgehead atoms. The molecule has 0 aliphatic rings. The third kappa shape index (κ3) is 6.16. The van der Waals surface area contributed by atoms with Crippen molar-refractivity contribution in [2.45, 2.75) is 13.8 Å². The van der Waals surface area contributed by atoms with Crippen molar-refractivity contribution in [3.63, 3.8) is 0 Å². The van der Waals surface area contributed by atoms with Crippen LogP contribution >= 0.6 is 0 Å². The number of benzene rings is 2. The third-order valence-electron chi connectivity index (χ3n) is 2.54. The predicted molar refractivity (Wildman–Crippen MR) is 82.7 cm³/mol. The van der Waals surface area contributed by atoms with Crippen LogP contribution in [-0.4, -0.2) is 11.4 Å². The Balaban J connectivity index is 0.00000200. The minimum atomic E-state index is 0. The van der Waals surface area contributed by atoms with Crippen LogP contribution in [0, 0.1) is 6.42 Å². The molecular weight excluding hydrogens is 271 g/mol. The van der Waals surface area contributed by atoms with Crippen molar-refractivity contribution in [3.8, 4) is 0 Å². The van der Waals surface area contributed by atoms with Crippen LogP contribution in [0.4, 0.5) is 11.4 Å². The quantitative estimate of drug-likeness (QED) is 0.465. The van der Waals surface area contributed by atoms with Crippen LogP contribution in [0.2, 0.25) is 0 Å². The van der Waals surface area contributed by atoms with Crippen LogP contribution in [-0.2, 0) is 0 Å². The summed E-state index contributed by atoms with van der Waals surface area (Å²) in [6.07, 6.45) is 1.99. The van der Waals surface area contributed by atoms with E-state index in [2.05, 4.69) is 9.98 Å². The minimum absolute atomic E-state index is 0. The van der Waals surface area contributed by atoms with Gasteiger partial charge in [-0.25, -0.2) is 0 Å². The van der Waals surface area contributed by atoms with Crippen LogP contribution in [0.3, 0.4) is 0 Å². The van der Waals surface area contributed by atoms with Gasteiger partial charge in [0.1, 0.15) is 0 Å². The van der Waals surface area contributed by atoms with E-state index in [1.54, 1.807) is 0 Å². The number of rotatable bonds is 4. The summed E-state index contributed by atoms with van der Waals surface area (Å²) < 4.78 is 0. The maximum absolute atomic E-state index is 4.52. The number of hydrogen-bond donors (Lipinski definition) is 0. The Labute approximate surface area is 163 Å². The van der Waals surface area contributed by atoms with Gasteiger partial charge in [-0.1, -0.05) is 50.2 Å². The minimum Gasteiger partial charge on any atom is -0.306 e. The van der Waals surface area contributed by atoms with Crippen molar-refractivity contribution in [2.24, 2.45) is 9.98 Å². The van der Waals surface area contributed by atoms with Crippen molar-refractivity contribution in [2.75, 3.05) is 0 Å². The molecule has 96 valence electrons. The molecule has 3 heteroatoms. The van der Waals surface area contributed by atoms with Crippen LogP contribution in [0.25, 0.3) is 0 Å². The number of aliphatic imine (C=N–C) groups is 2. The van der Waals surface area contributed by atoms with E-state index in [0.717, 1.165) is 22.8 Å². The van der Waals surface area contributed by atoms with Gasteiger partial charge in [0.15, 0.2) is 0 Å². The second kappa shape index (κ2) is 9.26. The molecule has 0 N–H and O–H groups in total. The van der Waals surface area contributed by atoms with Gasteiger partial charge in [0.05, 0.1) is 11.4 Å². The van der Waals surface area contributed by atoms with E-state index < -0.39 is 0 Å². The van der Waals surface area contributed by atoms with Gasteiger partial charge in [-0.15, -0.1) is 11.4 Å². The molecular formula is C17H17KN2. The molecule has 0 aliphatic heterocycles. The van der Waals surface area contributed by atoms with E-state index in [-0.39, 0.29) is 51.4 Å². The SMILES string of the molecule is CC([CH-]C(C)=Nc1ccccc1)=Nc1ccccc1.[K+]. The van der Waals surface area contributed by atoms with Crippen LogP contribution in [0.15, 0.2) is 70.6 Å². The van der Waals surface area contributed by atoms with Gasteiger partial charge in [0.2, 0.25) is 0 Å². The zero-order valence-corrected chi connectivity index (χ0v) is 15.4. The molecule has 0 aliphatic carbocycles. The van der Waals surface area contributed by atoms with Crippen molar-refractivity contribution in [1.29, 1.82) is 0 Å². The smallest absolute Gasteiger partial charge is 0.306 e. The fourth-order valence-corrected chi connectivity index (χ4v) is 1.78. The second-order valence-corrected chi connectivity index (χ2v) is 4.32. The van der Waals surface area contributed by atoms with E-state index in [1.165, 1.54) is 0 Å². The molecule has 0 aromatic heterocycles. The molecule has 2 nitrogen and oxygen atoms in total. The maximum Gasteiger partial charge on any atom is 1.00 e. The molecule has 0 spiro atoms. The first-order valence-electron chi connectivity index (χ1n) is 6.29. The Morgan fingerprint density at radius 2 is 1.05 bits per heavy atom. The largest absolute Gasteiger partial charge is 1.00 e. The average molecular weight is 288 g/mol. The fourth-order valence-electron chi connectivity index (χ4n) is 1.78. The first-order chi connectivity index (χ1) is 9.24. The van der Waals surface area contributed by atoms with E-state index in [4.69, 9.17) is 0 Å². The summed E-state index contributed by atoms with van der Waals surface area (Å²) in [7, 11) is 0. The van der Waals surface area contributed by atoms with Gasteiger partial charge in [-0.2, -0.15) is 0 Å². The van der Waals surface area contributed by atoms with Crippen molar-refractivity contribution < 1.29 is 51.4 Å². The first kappa shape index (κ1) is 17.3. The Kier molecular flexibility index (Phi) is 8.03. The van der Waals surface area contributed by atoms with Gasteiger partial charge in [-0.05, 0) is 24.3 Å². The van der Waals surface area contributed by atoms with Gasteiger partial charge >= 0.3 is 51.4 Å². The molecule has 0 heterocycles. The molecule has 2 aromatic carbocycles. The zero-order valence-electron chi connectivity index (χ0n) is 12.2. The van der Waals surface area contributed by atoms with Crippen LogP contribution in [0.1, 0.15) is 13.8 Å². The Morgan fingerprint density at radius 1 is 0.700 bits per heavy atom. The molecule has 0 radical (unpaired) electrons. The fraction of sp³-hybridized carbons (Fsp3) is 0.118. The van der Waals surface area contributed by atoms with E-state index >= 15 is 0 Å². The van der Waals surface area contributed by atoms with Gasteiger partial charge in [0.25, 0.3) is 0 Å².